The van der Waals surface area contributed by atoms with E-state index in [-0.39, 0.29) is 0 Å². The molecule has 0 bridgehead atoms. The predicted octanol–water partition coefficient (Wildman–Crippen LogP) is 1.41. The number of methoxy groups -OCH3 is 1. The fourth-order valence-corrected chi connectivity index (χ4v) is 2.24. The number of nitrogens with one attached hydrogen (secondary N) is 1. The molecule has 110 valence electrons. The van der Waals surface area contributed by atoms with Crippen molar-refractivity contribution in [2.45, 2.75) is 26.0 Å². The smallest absolute Gasteiger partial charge is 0.216 e. The minimum atomic E-state index is -0.655. The first-order chi connectivity index (χ1) is 9.67. The molecule has 0 fully saturated rings. The van der Waals surface area contributed by atoms with Gasteiger partial charge >= 0.3 is 0 Å². The summed E-state index contributed by atoms with van der Waals surface area (Å²) >= 11 is 0. The molecule has 0 aliphatic carbocycles. The van der Waals surface area contributed by atoms with Gasteiger partial charge in [0.1, 0.15) is 11.9 Å². The fourth-order valence-electron chi connectivity index (χ4n) is 2.24. The third-order valence-electron chi connectivity index (χ3n) is 3.21. The molecule has 0 aromatic carbocycles. The second-order valence-corrected chi connectivity index (χ2v) is 4.57. The Morgan fingerprint density at radius 2 is 2.35 bits per heavy atom. The standard InChI is InChI=1S/C14H21N3O3/c1-4-11-10(14(19-3)17(2)16-11)8-15-9-12(18)13-6-5-7-20-13/h5-7,12,15,18H,4,8-9H2,1-3H3. The van der Waals surface area contributed by atoms with Crippen LogP contribution < -0.4 is 10.1 Å². The summed E-state index contributed by atoms with van der Waals surface area (Å²) in [6.07, 6.45) is 1.74. The van der Waals surface area contributed by atoms with Crippen LogP contribution in [0.4, 0.5) is 0 Å². The summed E-state index contributed by atoms with van der Waals surface area (Å²) < 4.78 is 12.3. The Morgan fingerprint density at radius 1 is 1.55 bits per heavy atom. The summed E-state index contributed by atoms with van der Waals surface area (Å²) in [4.78, 5) is 0. The lowest BCUT2D eigenvalue weighted by Crippen LogP contribution is -2.21. The van der Waals surface area contributed by atoms with Gasteiger partial charge in [-0.1, -0.05) is 6.92 Å². The van der Waals surface area contributed by atoms with Gasteiger partial charge in [-0.2, -0.15) is 5.10 Å². The monoisotopic (exact) mass is 279 g/mol. The molecule has 6 nitrogen and oxygen atoms in total. The van der Waals surface area contributed by atoms with Gasteiger partial charge in [-0.05, 0) is 18.6 Å². The number of rotatable bonds is 7. The lowest BCUT2D eigenvalue weighted by molar-refractivity contribution is 0.147. The number of ether oxygens (including phenoxy) is 1. The first kappa shape index (κ1) is 14.6. The quantitative estimate of drug-likeness (QED) is 0.801. The van der Waals surface area contributed by atoms with E-state index in [1.165, 1.54) is 0 Å². The van der Waals surface area contributed by atoms with Gasteiger partial charge in [0.2, 0.25) is 5.88 Å². The number of hydrogen-bond donors (Lipinski definition) is 2. The first-order valence-electron chi connectivity index (χ1n) is 6.68. The van der Waals surface area contributed by atoms with Crippen molar-refractivity contribution in [3.8, 4) is 5.88 Å². The molecule has 0 spiro atoms. The number of furan rings is 1. The summed E-state index contributed by atoms with van der Waals surface area (Å²) in [5, 5.41) is 17.6. The number of aryl methyl sites for hydroxylation is 2. The third kappa shape index (κ3) is 3.02. The molecule has 1 unspecified atom stereocenters. The SMILES string of the molecule is CCc1nn(C)c(OC)c1CNCC(O)c1ccco1. The Bertz CT molecular complexity index is 534. The van der Waals surface area contributed by atoms with Gasteiger partial charge in [-0.3, -0.25) is 0 Å². The second kappa shape index (κ2) is 6.58. The van der Waals surface area contributed by atoms with Crippen molar-refractivity contribution >= 4 is 0 Å². The number of aliphatic hydroxyl groups is 1. The summed E-state index contributed by atoms with van der Waals surface area (Å²) in [6.45, 7) is 3.07. The molecule has 2 heterocycles. The highest BCUT2D eigenvalue weighted by molar-refractivity contribution is 5.31. The summed E-state index contributed by atoms with van der Waals surface area (Å²) in [5.41, 5.74) is 2.04. The highest BCUT2D eigenvalue weighted by atomic mass is 16.5. The van der Waals surface area contributed by atoms with Gasteiger partial charge in [0.05, 0.1) is 24.6 Å². The average Bonchev–Trinajstić information content (AvgIpc) is 3.06. The fraction of sp³-hybridized carbons (Fsp3) is 0.500. The molecular formula is C14H21N3O3. The zero-order valence-corrected chi connectivity index (χ0v) is 12.1. The third-order valence-corrected chi connectivity index (χ3v) is 3.21. The van der Waals surface area contributed by atoms with Crippen LogP contribution in [-0.2, 0) is 20.0 Å². The van der Waals surface area contributed by atoms with Gasteiger partial charge in [0.25, 0.3) is 0 Å². The van der Waals surface area contributed by atoms with Crippen LogP contribution in [0.1, 0.15) is 30.0 Å². The van der Waals surface area contributed by atoms with E-state index in [0.717, 1.165) is 23.6 Å². The molecule has 2 aromatic rings. The molecule has 0 saturated heterocycles. The Labute approximate surface area is 118 Å². The van der Waals surface area contributed by atoms with Crippen LogP contribution in [-0.4, -0.2) is 28.5 Å². The summed E-state index contributed by atoms with van der Waals surface area (Å²) in [6, 6.07) is 3.52. The zero-order valence-electron chi connectivity index (χ0n) is 12.1. The van der Waals surface area contributed by atoms with Gasteiger partial charge < -0.3 is 19.6 Å². The van der Waals surface area contributed by atoms with E-state index in [0.29, 0.717) is 18.8 Å². The maximum atomic E-state index is 9.94. The van der Waals surface area contributed by atoms with Crippen LogP contribution >= 0.6 is 0 Å². The highest BCUT2D eigenvalue weighted by Crippen LogP contribution is 2.22. The molecule has 20 heavy (non-hydrogen) atoms. The Morgan fingerprint density at radius 3 is 2.95 bits per heavy atom. The molecule has 2 rings (SSSR count). The minimum Gasteiger partial charge on any atom is -0.481 e. The summed E-state index contributed by atoms with van der Waals surface area (Å²) in [7, 11) is 3.50. The van der Waals surface area contributed by atoms with Crippen molar-refractivity contribution in [1.29, 1.82) is 0 Å². The van der Waals surface area contributed by atoms with E-state index in [1.54, 1.807) is 30.2 Å². The van der Waals surface area contributed by atoms with E-state index in [2.05, 4.69) is 17.3 Å². The molecule has 0 aliphatic rings. The molecule has 1 atom stereocenters. The van der Waals surface area contributed by atoms with Crippen LogP contribution in [0.2, 0.25) is 0 Å². The van der Waals surface area contributed by atoms with Gasteiger partial charge in [-0.25, -0.2) is 4.68 Å². The Balaban J connectivity index is 1.97. The predicted molar refractivity (Wildman–Crippen MR) is 74.5 cm³/mol. The summed E-state index contributed by atoms with van der Waals surface area (Å²) in [5.74, 6) is 1.31. The molecular weight excluding hydrogens is 258 g/mol. The van der Waals surface area contributed by atoms with E-state index in [9.17, 15) is 5.11 Å². The van der Waals surface area contributed by atoms with Gasteiger partial charge in [-0.15, -0.1) is 0 Å². The molecule has 2 N–H and O–H groups in total. The van der Waals surface area contributed by atoms with Crippen molar-refractivity contribution in [1.82, 2.24) is 15.1 Å². The zero-order chi connectivity index (χ0) is 14.5. The largest absolute Gasteiger partial charge is 0.481 e. The van der Waals surface area contributed by atoms with Crippen molar-refractivity contribution in [3.63, 3.8) is 0 Å². The number of nitrogens with zero attached hydrogens (tertiary/aromatic N) is 2. The maximum absolute atomic E-state index is 9.94. The first-order valence-corrected chi connectivity index (χ1v) is 6.68. The molecule has 6 heteroatoms. The van der Waals surface area contributed by atoms with Crippen molar-refractivity contribution in [2.24, 2.45) is 7.05 Å². The topological polar surface area (TPSA) is 72.5 Å². The maximum Gasteiger partial charge on any atom is 0.216 e. The van der Waals surface area contributed by atoms with Crippen molar-refractivity contribution in [3.05, 3.63) is 35.4 Å². The van der Waals surface area contributed by atoms with Crippen molar-refractivity contribution < 1.29 is 14.3 Å². The Kier molecular flexibility index (Phi) is 4.81. The number of hydrogen-bond acceptors (Lipinski definition) is 5. The van der Waals surface area contributed by atoms with E-state index >= 15 is 0 Å². The average molecular weight is 279 g/mol. The van der Waals surface area contributed by atoms with Crippen LogP contribution in [0.3, 0.4) is 0 Å². The van der Waals surface area contributed by atoms with Crippen LogP contribution in [0.5, 0.6) is 5.88 Å². The lowest BCUT2D eigenvalue weighted by Gasteiger charge is -2.10. The molecule has 0 aliphatic heterocycles. The van der Waals surface area contributed by atoms with Crippen LogP contribution in [0.25, 0.3) is 0 Å². The molecule has 0 saturated carbocycles. The molecule has 0 amide bonds. The van der Waals surface area contributed by atoms with Gasteiger partial charge in [0.15, 0.2) is 0 Å². The van der Waals surface area contributed by atoms with Crippen LogP contribution in [0.15, 0.2) is 22.8 Å². The normalized spacial score (nSPS) is 12.6. The van der Waals surface area contributed by atoms with E-state index in [1.807, 2.05) is 7.05 Å². The van der Waals surface area contributed by atoms with E-state index < -0.39 is 6.10 Å². The highest BCUT2D eigenvalue weighted by Gasteiger charge is 2.16. The van der Waals surface area contributed by atoms with Gasteiger partial charge in [0, 0.05) is 20.1 Å². The van der Waals surface area contributed by atoms with E-state index in [4.69, 9.17) is 9.15 Å². The van der Waals surface area contributed by atoms with Crippen LogP contribution in [0, 0.1) is 0 Å². The number of aromatic nitrogens is 2. The molecule has 2 aromatic heterocycles. The second-order valence-electron chi connectivity index (χ2n) is 4.57. The lowest BCUT2D eigenvalue weighted by atomic mass is 10.2. The number of aliphatic hydroxyl groups excluding tert-OH is 1. The minimum absolute atomic E-state index is 0.411. The van der Waals surface area contributed by atoms with Crippen molar-refractivity contribution in [2.75, 3.05) is 13.7 Å². The Hall–Kier alpha value is -1.79. The molecule has 0 radical (unpaired) electrons.